The van der Waals surface area contributed by atoms with Gasteiger partial charge in [-0.15, -0.1) is 0 Å². The molecule has 0 N–H and O–H groups in total. The highest BCUT2D eigenvalue weighted by molar-refractivity contribution is 5.94. The van der Waals surface area contributed by atoms with E-state index in [0.29, 0.717) is 12.4 Å². The van der Waals surface area contributed by atoms with Crippen molar-refractivity contribution >= 4 is 11.7 Å². The summed E-state index contributed by atoms with van der Waals surface area (Å²) in [6.07, 6.45) is 4.45. The lowest BCUT2D eigenvalue weighted by Gasteiger charge is -2.25. The van der Waals surface area contributed by atoms with E-state index < -0.39 is 0 Å². The minimum absolute atomic E-state index is 0.104. The first kappa shape index (κ1) is 20.0. The number of aryl methyl sites for hydroxylation is 2. The molecule has 1 aliphatic heterocycles. The average molecular weight is 402 g/mol. The van der Waals surface area contributed by atoms with Crippen LogP contribution in [0.1, 0.15) is 33.6 Å². The van der Waals surface area contributed by atoms with Gasteiger partial charge < -0.3 is 9.80 Å². The summed E-state index contributed by atoms with van der Waals surface area (Å²) in [4.78, 5) is 31.0. The Kier molecular flexibility index (Phi) is 5.74. The number of carbonyl (C=O) groups is 1. The van der Waals surface area contributed by atoms with Crippen LogP contribution in [0.25, 0.3) is 11.4 Å². The van der Waals surface area contributed by atoms with Crippen LogP contribution in [-0.2, 0) is 0 Å². The highest BCUT2D eigenvalue weighted by Crippen LogP contribution is 2.25. The predicted molar refractivity (Wildman–Crippen MR) is 119 cm³/mol. The van der Waals surface area contributed by atoms with Gasteiger partial charge in [-0.3, -0.25) is 9.78 Å². The summed E-state index contributed by atoms with van der Waals surface area (Å²) in [6, 6.07) is 11.7. The van der Waals surface area contributed by atoms with E-state index in [1.54, 1.807) is 12.4 Å². The molecule has 154 valence electrons. The minimum atomic E-state index is 0.104. The summed E-state index contributed by atoms with van der Waals surface area (Å²) in [6.45, 7) is 9.15. The molecule has 3 heterocycles. The van der Waals surface area contributed by atoms with Crippen LogP contribution < -0.4 is 4.90 Å². The summed E-state index contributed by atoms with van der Waals surface area (Å²) in [5, 5.41) is 0. The van der Waals surface area contributed by atoms with Crippen molar-refractivity contribution in [2.24, 2.45) is 0 Å². The maximum atomic E-state index is 13.0. The van der Waals surface area contributed by atoms with Gasteiger partial charge in [-0.05, 0) is 51.5 Å². The van der Waals surface area contributed by atoms with E-state index in [1.165, 1.54) is 0 Å². The topological polar surface area (TPSA) is 62.2 Å². The molecule has 2 aromatic heterocycles. The Morgan fingerprint density at radius 3 is 2.60 bits per heavy atom. The normalized spacial score (nSPS) is 14.5. The number of hydrogen-bond donors (Lipinski definition) is 0. The van der Waals surface area contributed by atoms with Crippen molar-refractivity contribution < 1.29 is 4.79 Å². The van der Waals surface area contributed by atoms with Crippen molar-refractivity contribution in [1.29, 1.82) is 0 Å². The molecule has 0 radical (unpaired) electrons. The van der Waals surface area contributed by atoms with E-state index in [9.17, 15) is 4.79 Å². The van der Waals surface area contributed by atoms with Crippen LogP contribution in [-0.4, -0.2) is 51.9 Å². The first-order valence-electron chi connectivity index (χ1n) is 10.4. The number of carbonyl (C=O) groups excluding carboxylic acids is 1. The number of hydrogen-bond acceptors (Lipinski definition) is 5. The van der Waals surface area contributed by atoms with Crippen LogP contribution in [0.4, 0.5) is 5.82 Å². The van der Waals surface area contributed by atoms with Crippen molar-refractivity contribution in [2.45, 2.75) is 27.2 Å². The van der Waals surface area contributed by atoms with E-state index in [1.807, 2.05) is 55.1 Å². The van der Waals surface area contributed by atoms with Crippen LogP contribution in [0.2, 0.25) is 0 Å². The molecule has 3 aromatic rings. The van der Waals surface area contributed by atoms with Crippen molar-refractivity contribution in [3.63, 3.8) is 0 Å². The smallest absolute Gasteiger partial charge is 0.253 e. The molecule has 1 saturated heterocycles. The van der Waals surface area contributed by atoms with E-state index in [2.05, 4.69) is 21.8 Å². The third kappa shape index (κ3) is 4.17. The van der Waals surface area contributed by atoms with Gasteiger partial charge in [0.2, 0.25) is 0 Å². The summed E-state index contributed by atoms with van der Waals surface area (Å²) in [5.74, 6) is 1.75. The van der Waals surface area contributed by atoms with E-state index in [0.717, 1.165) is 59.8 Å². The Hall–Kier alpha value is -3.28. The van der Waals surface area contributed by atoms with E-state index in [-0.39, 0.29) is 5.91 Å². The Labute approximate surface area is 177 Å². The number of pyridine rings is 1. The van der Waals surface area contributed by atoms with Gasteiger partial charge in [0.25, 0.3) is 5.91 Å². The fourth-order valence-corrected chi connectivity index (χ4v) is 3.84. The molecule has 1 amide bonds. The molecule has 30 heavy (non-hydrogen) atoms. The quantitative estimate of drug-likeness (QED) is 0.668. The molecule has 4 rings (SSSR count). The monoisotopic (exact) mass is 401 g/mol. The van der Waals surface area contributed by atoms with Crippen LogP contribution in [0, 0.1) is 20.8 Å². The van der Waals surface area contributed by atoms with Gasteiger partial charge in [0.1, 0.15) is 5.82 Å². The molecule has 6 heteroatoms. The van der Waals surface area contributed by atoms with Gasteiger partial charge in [0.05, 0.1) is 0 Å². The zero-order chi connectivity index (χ0) is 21.1. The lowest BCUT2D eigenvalue weighted by molar-refractivity contribution is 0.0767. The fraction of sp³-hybridized carbons (Fsp3) is 0.333. The summed E-state index contributed by atoms with van der Waals surface area (Å²) in [5.41, 5.74) is 4.83. The summed E-state index contributed by atoms with van der Waals surface area (Å²) in [7, 11) is 0. The highest BCUT2D eigenvalue weighted by atomic mass is 16.2. The van der Waals surface area contributed by atoms with Gasteiger partial charge in [0, 0.05) is 61.0 Å². The molecule has 0 unspecified atom stereocenters. The molecular weight excluding hydrogens is 374 g/mol. The first-order valence-corrected chi connectivity index (χ1v) is 10.4. The molecule has 0 saturated carbocycles. The summed E-state index contributed by atoms with van der Waals surface area (Å²) >= 11 is 0. The largest absolute Gasteiger partial charge is 0.354 e. The van der Waals surface area contributed by atoms with Crippen LogP contribution >= 0.6 is 0 Å². The molecule has 0 atom stereocenters. The Bertz CT molecular complexity index is 1050. The Morgan fingerprint density at radius 1 is 0.967 bits per heavy atom. The van der Waals surface area contributed by atoms with Crippen molar-refractivity contribution in [3.8, 4) is 11.4 Å². The third-order valence-electron chi connectivity index (χ3n) is 5.63. The van der Waals surface area contributed by atoms with Crippen LogP contribution in [0.5, 0.6) is 0 Å². The highest BCUT2D eigenvalue weighted by Gasteiger charge is 2.23. The van der Waals surface area contributed by atoms with Gasteiger partial charge in [-0.2, -0.15) is 0 Å². The zero-order valence-electron chi connectivity index (χ0n) is 17.8. The minimum Gasteiger partial charge on any atom is -0.354 e. The molecule has 1 aromatic carbocycles. The van der Waals surface area contributed by atoms with Gasteiger partial charge >= 0.3 is 0 Å². The van der Waals surface area contributed by atoms with Gasteiger partial charge in [-0.1, -0.05) is 17.7 Å². The fourth-order valence-electron chi connectivity index (χ4n) is 3.84. The number of aromatic nitrogens is 3. The molecule has 6 nitrogen and oxygen atoms in total. The van der Waals surface area contributed by atoms with Gasteiger partial charge in [-0.25, -0.2) is 9.97 Å². The standard InChI is InChI=1S/C24H27N5O/c1-17-7-4-8-20(15-17)24(30)29-12-6-11-28(13-14-29)23-18(2)19(3)26-22(27-23)21-9-5-10-25-16-21/h4-5,7-10,15-16H,6,11-14H2,1-3H3. The lowest BCUT2D eigenvalue weighted by atomic mass is 10.1. The zero-order valence-corrected chi connectivity index (χ0v) is 17.8. The van der Waals surface area contributed by atoms with E-state index in [4.69, 9.17) is 4.98 Å². The number of amides is 1. The van der Waals surface area contributed by atoms with Gasteiger partial charge in [0.15, 0.2) is 5.82 Å². The maximum Gasteiger partial charge on any atom is 0.253 e. The Morgan fingerprint density at radius 2 is 1.83 bits per heavy atom. The number of nitrogens with zero attached hydrogens (tertiary/aromatic N) is 5. The second-order valence-electron chi connectivity index (χ2n) is 7.83. The Balaban J connectivity index is 1.56. The molecule has 1 aliphatic rings. The predicted octanol–water partition coefficient (Wildman–Crippen LogP) is 3.82. The molecule has 0 spiro atoms. The van der Waals surface area contributed by atoms with E-state index >= 15 is 0 Å². The summed E-state index contributed by atoms with van der Waals surface area (Å²) < 4.78 is 0. The van der Waals surface area contributed by atoms with Crippen LogP contribution in [0.3, 0.4) is 0 Å². The lowest BCUT2D eigenvalue weighted by Crippen LogP contribution is -2.35. The molecule has 0 bridgehead atoms. The average Bonchev–Trinajstić information content (AvgIpc) is 3.02. The maximum absolute atomic E-state index is 13.0. The number of anilines is 1. The number of benzene rings is 1. The van der Waals surface area contributed by atoms with Crippen molar-refractivity contribution in [1.82, 2.24) is 19.9 Å². The molecular formula is C24H27N5O. The molecule has 1 fully saturated rings. The van der Waals surface area contributed by atoms with Crippen molar-refractivity contribution in [3.05, 3.63) is 71.2 Å². The molecule has 0 aliphatic carbocycles. The second kappa shape index (κ2) is 8.61. The SMILES string of the molecule is Cc1cccc(C(=O)N2CCCN(c3nc(-c4cccnc4)nc(C)c3C)CC2)c1. The third-order valence-corrected chi connectivity index (χ3v) is 5.63. The first-order chi connectivity index (χ1) is 14.5. The second-order valence-corrected chi connectivity index (χ2v) is 7.83. The number of rotatable bonds is 3. The van der Waals surface area contributed by atoms with Crippen LogP contribution in [0.15, 0.2) is 48.8 Å². The van der Waals surface area contributed by atoms with Crippen molar-refractivity contribution in [2.75, 3.05) is 31.1 Å².